The molecule has 2 aromatic rings. The Labute approximate surface area is 152 Å². The summed E-state index contributed by atoms with van der Waals surface area (Å²) in [4.78, 5) is 25.2. The Morgan fingerprint density at radius 3 is 2.58 bits per heavy atom. The Hall–Kier alpha value is -1.99. The van der Waals surface area contributed by atoms with E-state index in [2.05, 4.69) is 21.2 Å². The van der Waals surface area contributed by atoms with Crippen LogP contribution in [0.2, 0.25) is 5.02 Å². The Morgan fingerprint density at radius 1 is 1.25 bits per heavy atom. The van der Waals surface area contributed by atoms with Crippen LogP contribution in [0.15, 0.2) is 45.5 Å². The van der Waals surface area contributed by atoms with Gasteiger partial charge in [0, 0.05) is 12.1 Å². The minimum atomic E-state index is -0.445. The SMILES string of the molecule is CN(CCOc1ccc(Cl)cc1)C(=O)CNC(=O)c1ccc(Br)o1. The van der Waals surface area contributed by atoms with Crippen molar-refractivity contribution in [3.63, 3.8) is 0 Å². The standard InChI is InChI=1S/C16H16BrClN2O4/c1-20(8-9-23-12-4-2-11(18)3-5-12)15(21)10-19-16(22)13-6-7-14(17)24-13/h2-7H,8-10H2,1H3,(H,19,22). The highest BCUT2D eigenvalue weighted by molar-refractivity contribution is 9.10. The van der Waals surface area contributed by atoms with Crippen molar-refractivity contribution in [2.45, 2.75) is 0 Å². The molecule has 1 heterocycles. The zero-order chi connectivity index (χ0) is 17.5. The monoisotopic (exact) mass is 414 g/mol. The van der Waals surface area contributed by atoms with Crippen LogP contribution in [-0.2, 0) is 4.79 Å². The lowest BCUT2D eigenvalue weighted by Crippen LogP contribution is -2.39. The molecule has 2 amide bonds. The molecule has 1 N–H and O–H groups in total. The summed E-state index contributed by atoms with van der Waals surface area (Å²) in [5, 5.41) is 3.14. The average molecular weight is 416 g/mol. The van der Waals surface area contributed by atoms with E-state index in [4.69, 9.17) is 20.8 Å². The van der Waals surface area contributed by atoms with Crippen LogP contribution in [0.3, 0.4) is 0 Å². The van der Waals surface area contributed by atoms with Gasteiger partial charge in [0.25, 0.3) is 5.91 Å². The zero-order valence-corrected chi connectivity index (χ0v) is 15.3. The van der Waals surface area contributed by atoms with Crippen LogP contribution in [0.4, 0.5) is 0 Å². The molecule has 0 spiro atoms. The molecule has 6 nitrogen and oxygen atoms in total. The van der Waals surface area contributed by atoms with Gasteiger partial charge in [-0.05, 0) is 52.3 Å². The maximum Gasteiger partial charge on any atom is 0.287 e. The molecule has 0 saturated carbocycles. The number of hydrogen-bond donors (Lipinski definition) is 1. The minimum Gasteiger partial charge on any atom is -0.492 e. The third-order valence-electron chi connectivity index (χ3n) is 3.13. The molecule has 0 aliphatic carbocycles. The van der Waals surface area contributed by atoms with Gasteiger partial charge in [-0.15, -0.1) is 0 Å². The second kappa shape index (κ2) is 8.75. The van der Waals surface area contributed by atoms with Crippen LogP contribution < -0.4 is 10.1 Å². The molecular formula is C16H16BrClN2O4. The van der Waals surface area contributed by atoms with Crippen LogP contribution in [0.25, 0.3) is 0 Å². The summed E-state index contributed by atoms with van der Waals surface area (Å²) in [5.74, 6) is 0.147. The third kappa shape index (κ3) is 5.58. The smallest absolute Gasteiger partial charge is 0.287 e. The number of carbonyl (C=O) groups is 2. The van der Waals surface area contributed by atoms with E-state index in [0.717, 1.165) is 0 Å². The van der Waals surface area contributed by atoms with Crippen molar-refractivity contribution in [3.05, 3.63) is 51.9 Å². The van der Waals surface area contributed by atoms with E-state index in [1.54, 1.807) is 37.4 Å². The number of benzene rings is 1. The Morgan fingerprint density at radius 2 is 1.96 bits per heavy atom. The Bertz CT molecular complexity index is 702. The maximum atomic E-state index is 12.0. The van der Waals surface area contributed by atoms with Crippen molar-refractivity contribution in [2.24, 2.45) is 0 Å². The van der Waals surface area contributed by atoms with E-state index in [1.807, 2.05) is 0 Å². The summed E-state index contributed by atoms with van der Waals surface area (Å²) in [7, 11) is 1.64. The lowest BCUT2D eigenvalue weighted by Gasteiger charge is -2.17. The first-order valence-electron chi connectivity index (χ1n) is 7.11. The van der Waals surface area contributed by atoms with Crippen molar-refractivity contribution in [1.82, 2.24) is 10.2 Å². The minimum absolute atomic E-state index is 0.116. The number of halogens is 2. The number of nitrogens with one attached hydrogen (secondary N) is 1. The number of amides is 2. The molecule has 0 saturated heterocycles. The van der Waals surface area contributed by atoms with Crippen molar-refractivity contribution in [1.29, 1.82) is 0 Å². The van der Waals surface area contributed by atoms with Gasteiger partial charge >= 0.3 is 0 Å². The summed E-state index contributed by atoms with van der Waals surface area (Å²) in [5.41, 5.74) is 0. The number of ether oxygens (including phenoxy) is 1. The van der Waals surface area contributed by atoms with Gasteiger partial charge < -0.3 is 19.4 Å². The van der Waals surface area contributed by atoms with Gasteiger partial charge in [0.2, 0.25) is 5.91 Å². The molecule has 2 rings (SSSR count). The highest BCUT2D eigenvalue weighted by Gasteiger charge is 2.14. The highest BCUT2D eigenvalue weighted by atomic mass is 79.9. The topological polar surface area (TPSA) is 71.8 Å². The van der Waals surface area contributed by atoms with Gasteiger partial charge in [0.05, 0.1) is 13.1 Å². The second-order valence-electron chi connectivity index (χ2n) is 4.90. The molecule has 0 radical (unpaired) electrons. The first-order valence-corrected chi connectivity index (χ1v) is 8.28. The van der Waals surface area contributed by atoms with Crippen LogP contribution in [0, 0.1) is 0 Å². The molecule has 0 unspecified atom stereocenters. The molecule has 0 aliphatic rings. The predicted molar refractivity (Wildman–Crippen MR) is 93.3 cm³/mol. The molecule has 24 heavy (non-hydrogen) atoms. The van der Waals surface area contributed by atoms with E-state index >= 15 is 0 Å². The zero-order valence-electron chi connectivity index (χ0n) is 12.9. The summed E-state index contributed by atoms with van der Waals surface area (Å²) in [6.45, 7) is 0.612. The van der Waals surface area contributed by atoms with E-state index < -0.39 is 5.91 Å². The van der Waals surface area contributed by atoms with Gasteiger partial charge in [-0.3, -0.25) is 9.59 Å². The summed E-state index contributed by atoms with van der Waals surface area (Å²) >= 11 is 8.90. The lowest BCUT2D eigenvalue weighted by atomic mass is 10.3. The fraction of sp³-hybridized carbons (Fsp3) is 0.250. The number of furan rings is 1. The van der Waals surface area contributed by atoms with Crippen LogP contribution in [0.1, 0.15) is 10.6 Å². The molecular weight excluding hydrogens is 400 g/mol. The van der Waals surface area contributed by atoms with Crippen molar-refractivity contribution >= 4 is 39.3 Å². The molecule has 1 aromatic heterocycles. The fourth-order valence-corrected chi connectivity index (χ4v) is 2.20. The van der Waals surface area contributed by atoms with Crippen molar-refractivity contribution in [3.8, 4) is 5.75 Å². The normalized spacial score (nSPS) is 10.3. The van der Waals surface area contributed by atoms with Gasteiger partial charge in [-0.2, -0.15) is 0 Å². The number of carbonyl (C=O) groups excluding carboxylic acids is 2. The molecule has 8 heteroatoms. The first kappa shape index (κ1) is 18.4. The second-order valence-corrected chi connectivity index (χ2v) is 6.12. The van der Waals surface area contributed by atoms with Crippen LogP contribution in [-0.4, -0.2) is 43.5 Å². The summed E-state index contributed by atoms with van der Waals surface area (Å²) in [6, 6.07) is 10.1. The number of rotatable bonds is 7. The largest absolute Gasteiger partial charge is 0.492 e. The first-order chi connectivity index (χ1) is 11.5. The fourth-order valence-electron chi connectivity index (χ4n) is 1.77. The molecule has 0 atom stereocenters. The van der Waals surface area contributed by atoms with Crippen molar-refractivity contribution in [2.75, 3.05) is 26.7 Å². The van der Waals surface area contributed by atoms with Gasteiger partial charge in [-0.25, -0.2) is 0 Å². The lowest BCUT2D eigenvalue weighted by molar-refractivity contribution is -0.129. The third-order valence-corrected chi connectivity index (χ3v) is 3.81. The highest BCUT2D eigenvalue weighted by Crippen LogP contribution is 2.15. The molecule has 128 valence electrons. The molecule has 0 fully saturated rings. The molecule has 0 aliphatic heterocycles. The van der Waals surface area contributed by atoms with Gasteiger partial charge in [0.15, 0.2) is 10.4 Å². The maximum absolute atomic E-state index is 12.0. The quantitative estimate of drug-likeness (QED) is 0.755. The van der Waals surface area contributed by atoms with Gasteiger partial charge in [-0.1, -0.05) is 11.6 Å². The summed E-state index contributed by atoms with van der Waals surface area (Å²) in [6.07, 6.45) is 0. The van der Waals surface area contributed by atoms with E-state index in [1.165, 1.54) is 11.0 Å². The van der Waals surface area contributed by atoms with Crippen LogP contribution >= 0.6 is 27.5 Å². The predicted octanol–water partition coefficient (Wildman–Crippen LogP) is 2.96. The summed E-state index contributed by atoms with van der Waals surface area (Å²) < 4.78 is 11.1. The average Bonchev–Trinajstić information content (AvgIpc) is 3.00. The number of nitrogens with zero attached hydrogens (tertiary/aromatic N) is 1. The van der Waals surface area contributed by atoms with Crippen molar-refractivity contribution < 1.29 is 18.7 Å². The number of hydrogen-bond acceptors (Lipinski definition) is 4. The molecule has 0 bridgehead atoms. The Balaban J connectivity index is 1.70. The Kier molecular flexibility index (Phi) is 6.69. The number of likely N-dealkylation sites (N-methyl/N-ethyl adjacent to an activating group) is 1. The van der Waals surface area contributed by atoms with E-state index in [-0.39, 0.29) is 18.2 Å². The van der Waals surface area contributed by atoms with E-state index in [9.17, 15) is 9.59 Å². The van der Waals surface area contributed by atoms with E-state index in [0.29, 0.717) is 28.6 Å². The molecule has 1 aromatic carbocycles. The van der Waals surface area contributed by atoms with Gasteiger partial charge in [0.1, 0.15) is 12.4 Å². The van der Waals surface area contributed by atoms with Crippen LogP contribution in [0.5, 0.6) is 5.75 Å².